The third-order valence-corrected chi connectivity index (χ3v) is 9.85. The molecule has 0 radical (unpaired) electrons. The molecule has 0 aromatic heterocycles. The molecule has 0 saturated carbocycles. The van der Waals surface area contributed by atoms with E-state index in [0.717, 1.165) is 45.3 Å². The molecule has 0 amide bonds. The molecule has 6 aromatic rings. The van der Waals surface area contributed by atoms with Gasteiger partial charge in [-0.1, -0.05) is 113 Å². The molecular formula is C42H35FN2. The lowest BCUT2D eigenvalue weighted by molar-refractivity contribution is 0.628. The van der Waals surface area contributed by atoms with Gasteiger partial charge in [-0.3, -0.25) is 0 Å². The van der Waals surface area contributed by atoms with Crippen LogP contribution in [0, 0.1) is 5.82 Å². The Kier molecular flexibility index (Phi) is 6.05. The summed E-state index contributed by atoms with van der Waals surface area (Å²) in [7, 11) is 0. The maximum absolute atomic E-state index is 14.7. The first-order valence-corrected chi connectivity index (χ1v) is 15.6. The molecule has 0 aliphatic carbocycles. The van der Waals surface area contributed by atoms with E-state index >= 15 is 0 Å². The van der Waals surface area contributed by atoms with Gasteiger partial charge in [-0.15, -0.1) is 0 Å². The van der Waals surface area contributed by atoms with Gasteiger partial charge in [-0.2, -0.15) is 0 Å². The highest BCUT2D eigenvalue weighted by Crippen LogP contribution is 2.55. The average molecular weight is 587 g/mol. The molecule has 45 heavy (non-hydrogen) atoms. The first-order chi connectivity index (χ1) is 21.7. The SMILES string of the molecule is CC1(C)c2ccccc2N(c2cc(-c3cccc(F)c3)cc(N3c4ccccc4C(C)(C)c4ccccc43)c2)c2ccccc21. The molecule has 0 N–H and O–H groups in total. The van der Waals surface area contributed by atoms with Crippen LogP contribution in [-0.4, -0.2) is 0 Å². The minimum absolute atomic E-state index is 0.164. The molecule has 2 aliphatic heterocycles. The standard InChI is InChI=1S/C42H35FN2/c1-41(2)33-16-5-9-20-37(33)44(38-21-10-6-17-34(38)41)31-25-29(28-14-13-15-30(43)24-28)26-32(27-31)45-39-22-11-7-18-35(39)42(3,4)36-19-8-12-23-40(36)45/h5-27H,1-4H3. The highest BCUT2D eigenvalue weighted by Gasteiger charge is 2.39. The number of benzene rings is 6. The van der Waals surface area contributed by atoms with Crippen LogP contribution < -0.4 is 9.80 Å². The summed E-state index contributed by atoms with van der Waals surface area (Å²) in [5.74, 6) is -0.245. The van der Waals surface area contributed by atoms with Crippen molar-refractivity contribution in [3.63, 3.8) is 0 Å². The van der Waals surface area contributed by atoms with Gasteiger partial charge in [0.1, 0.15) is 5.82 Å². The van der Waals surface area contributed by atoms with E-state index in [1.807, 2.05) is 6.07 Å². The second-order valence-electron chi connectivity index (χ2n) is 13.2. The van der Waals surface area contributed by atoms with E-state index in [4.69, 9.17) is 0 Å². The Balaban J connectivity index is 1.43. The van der Waals surface area contributed by atoms with Crippen LogP contribution in [0.3, 0.4) is 0 Å². The van der Waals surface area contributed by atoms with Crippen LogP contribution in [0.2, 0.25) is 0 Å². The third kappa shape index (κ3) is 4.14. The summed E-state index contributed by atoms with van der Waals surface area (Å²) in [5, 5.41) is 0. The molecule has 220 valence electrons. The summed E-state index contributed by atoms with van der Waals surface area (Å²) in [6, 6.07) is 48.5. The fraction of sp³-hybridized carbons (Fsp3) is 0.143. The average Bonchev–Trinajstić information content (AvgIpc) is 3.05. The van der Waals surface area contributed by atoms with Crippen molar-refractivity contribution in [1.82, 2.24) is 0 Å². The summed E-state index contributed by atoms with van der Waals surface area (Å²) in [6.45, 7) is 9.22. The number of hydrogen-bond acceptors (Lipinski definition) is 2. The van der Waals surface area contributed by atoms with Crippen LogP contribution in [-0.2, 0) is 10.8 Å². The van der Waals surface area contributed by atoms with Crippen molar-refractivity contribution < 1.29 is 4.39 Å². The smallest absolute Gasteiger partial charge is 0.123 e. The van der Waals surface area contributed by atoms with Gasteiger partial charge in [0.2, 0.25) is 0 Å². The zero-order chi connectivity index (χ0) is 30.9. The monoisotopic (exact) mass is 586 g/mol. The van der Waals surface area contributed by atoms with Gasteiger partial charge in [-0.25, -0.2) is 4.39 Å². The van der Waals surface area contributed by atoms with Crippen LogP contribution >= 0.6 is 0 Å². The minimum Gasteiger partial charge on any atom is -0.310 e. The Morgan fingerprint density at radius 2 is 0.778 bits per heavy atom. The Hall–Kier alpha value is -5.15. The van der Waals surface area contributed by atoms with Crippen molar-refractivity contribution in [2.75, 3.05) is 9.80 Å². The van der Waals surface area contributed by atoms with E-state index in [-0.39, 0.29) is 16.6 Å². The third-order valence-electron chi connectivity index (χ3n) is 9.85. The maximum Gasteiger partial charge on any atom is 0.123 e. The summed E-state index contributed by atoms with van der Waals surface area (Å²) < 4.78 is 14.7. The molecule has 2 nitrogen and oxygen atoms in total. The van der Waals surface area contributed by atoms with E-state index in [0.29, 0.717) is 0 Å². The number of halogens is 1. The first-order valence-electron chi connectivity index (χ1n) is 15.6. The predicted octanol–water partition coefficient (Wildman–Crippen LogP) is 11.7. The van der Waals surface area contributed by atoms with Gasteiger partial charge in [0.15, 0.2) is 0 Å². The van der Waals surface area contributed by atoms with E-state index < -0.39 is 0 Å². The molecule has 8 rings (SSSR count). The largest absolute Gasteiger partial charge is 0.310 e. The van der Waals surface area contributed by atoms with E-state index in [1.54, 1.807) is 12.1 Å². The lowest BCUT2D eigenvalue weighted by Gasteiger charge is -2.43. The number of nitrogens with zero attached hydrogens (tertiary/aromatic N) is 2. The number of para-hydroxylation sites is 4. The van der Waals surface area contributed by atoms with Crippen LogP contribution in [0.25, 0.3) is 11.1 Å². The number of anilines is 6. The van der Waals surface area contributed by atoms with Crippen LogP contribution in [0.4, 0.5) is 38.5 Å². The fourth-order valence-corrected chi connectivity index (χ4v) is 7.58. The molecule has 0 spiro atoms. The topological polar surface area (TPSA) is 6.48 Å². The van der Waals surface area contributed by atoms with Gasteiger partial charge in [-0.05, 0) is 88.0 Å². The van der Waals surface area contributed by atoms with Crippen LogP contribution in [0.15, 0.2) is 140 Å². The van der Waals surface area contributed by atoms with Gasteiger partial charge < -0.3 is 9.80 Å². The normalized spacial score (nSPS) is 15.5. The van der Waals surface area contributed by atoms with Gasteiger partial charge in [0.05, 0.1) is 22.7 Å². The molecule has 2 heterocycles. The van der Waals surface area contributed by atoms with Gasteiger partial charge in [0, 0.05) is 22.2 Å². The molecule has 0 fully saturated rings. The van der Waals surface area contributed by atoms with Crippen molar-refractivity contribution in [3.05, 3.63) is 168 Å². The van der Waals surface area contributed by atoms with Crippen LogP contribution in [0.5, 0.6) is 0 Å². The fourth-order valence-electron chi connectivity index (χ4n) is 7.58. The van der Waals surface area contributed by atoms with Crippen molar-refractivity contribution in [2.24, 2.45) is 0 Å². The predicted molar refractivity (Wildman–Crippen MR) is 185 cm³/mol. The lowest BCUT2D eigenvalue weighted by atomic mass is 9.73. The minimum atomic E-state index is -0.245. The van der Waals surface area contributed by atoms with Crippen molar-refractivity contribution in [2.45, 2.75) is 38.5 Å². The quantitative estimate of drug-likeness (QED) is 0.203. The zero-order valence-electron chi connectivity index (χ0n) is 26.1. The molecular weight excluding hydrogens is 551 g/mol. The van der Waals surface area contributed by atoms with Crippen LogP contribution in [0.1, 0.15) is 49.9 Å². The zero-order valence-corrected chi connectivity index (χ0v) is 26.1. The number of rotatable bonds is 3. The van der Waals surface area contributed by atoms with Crippen molar-refractivity contribution in [3.8, 4) is 11.1 Å². The maximum atomic E-state index is 14.7. The molecule has 0 atom stereocenters. The molecule has 0 saturated heterocycles. The Labute approximate surface area is 265 Å². The Morgan fingerprint density at radius 3 is 1.16 bits per heavy atom. The van der Waals surface area contributed by atoms with Gasteiger partial charge in [0.25, 0.3) is 0 Å². The molecule has 3 heteroatoms. The highest BCUT2D eigenvalue weighted by atomic mass is 19.1. The first kappa shape index (κ1) is 27.4. The van der Waals surface area contributed by atoms with E-state index in [9.17, 15) is 4.39 Å². The van der Waals surface area contributed by atoms with Crippen molar-refractivity contribution in [1.29, 1.82) is 0 Å². The Bertz CT molecular complexity index is 1880. The van der Waals surface area contributed by atoms with Gasteiger partial charge >= 0.3 is 0 Å². The molecule has 0 bridgehead atoms. The summed E-state index contributed by atoms with van der Waals surface area (Å²) in [4.78, 5) is 4.77. The summed E-state index contributed by atoms with van der Waals surface area (Å²) in [5.41, 5.74) is 13.3. The van der Waals surface area contributed by atoms with Crippen molar-refractivity contribution >= 4 is 34.1 Å². The van der Waals surface area contributed by atoms with E-state index in [1.165, 1.54) is 28.3 Å². The molecule has 6 aromatic carbocycles. The highest BCUT2D eigenvalue weighted by molar-refractivity contribution is 5.93. The second kappa shape index (κ2) is 9.93. The summed E-state index contributed by atoms with van der Waals surface area (Å²) >= 11 is 0. The second-order valence-corrected chi connectivity index (χ2v) is 13.2. The summed E-state index contributed by atoms with van der Waals surface area (Å²) in [6.07, 6.45) is 0. The Morgan fingerprint density at radius 1 is 0.400 bits per heavy atom. The molecule has 2 aliphatic rings. The molecule has 0 unspecified atom stereocenters. The lowest BCUT2D eigenvalue weighted by Crippen LogP contribution is -2.31. The number of fused-ring (bicyclic) bond motifs is 4. The number of hydrogen-bond donors (Lipinski definition) is 0. The van der Waals surface area contributed by atoms with E-state index in [2.05, 4.69) is 153 Å².